The Morgan fingerprint density at radius 1 is 1.14 bits per heavy atom. The fraction of sp³-hybridized carbons (Fsp3) is 0.433. The van der Waals surface area contributed by atoms with Crippen LogP contribution in [-0.2, 0) is 16.6 Å². The van der Waals surface area contributed by atoms with Crippen molar-refractivity contribution in [3.8, 4) is 11.8 Å². The number of benzene rings is 2. The average molecular weight is 563 g/mol. The molecule has 0 saturated carbocycles. The van der Waals surface area contributed by atoms with E-state index in [1.54, 1.807) is 11.0 Å². The highest BCUT2D eigenvalue weighted by atomic mass is 79.9. The van der Waals surface area contributed by atoms with Crippen molar-refractivity contribution in [2.24, 2.45) is 0 Å². The van der Waals surface area contributed by atoms with E-state index in [0.717, 1.165) is 32.3 Å². The maximum Gasteiger partial charge on any atom is 0.410 e. The second-order valence-corrected chi connectivity index (χ2v) is 12.4. The molecule has 2 aromatic carbocycles. The molecule has 0 bridgehead atoms. The van der Waals surface area contributed by atoms with Crippen LogP contribution in [0.4, 0.5) is 4.79 Å². The normalized spacial score (nSPS) is 18.6. The Morgan fingerprint density at radius 3 is 2.49 bits per heavy atom. The predicted octanol–water partition coefficient (Wildman–Crippen LogP) is 6.58. The fourth-order valence-corrected chi connectivity index (χ4v) is 6.03. The molecule has 0 radical (unpaired) electrons. The van der Waals surface area contributed by atoms with Crippen LogP contribution in [0.5, 0.6) is 5.75 Å². The predicted molar refractivity (Wildman–Crippen MR) is 145 cm³/mol. The monoisotopic (exact) mass is 562 g/mol. The number of ketones is 1. The highest BCUT2D eigenvalue weighted by molar-refractivity contribution is 9.10. The number of hydrogen-bond donors (Lipinski definition) is 0. The summed E-state index contributed by atoms with van der Waals surface area (Å²) in [6.07, 6.45) is 1.75. The first-order valence-electron chi connectivity index (χ1n) is 12.7. The molecule has 6 nitrogen and oxygen atoms in total. The van der Waals surface area contributed by atoms with Crippen LogP contribution in [0.15, 0.2) is 40.4 Å². The van der Waals surface area contributed by atoms with Crippen LogP contribution in [0.25, 0.3) is 5.57 Å². The number of piperidine rings is 1. The molecule has 2 aromatic rings. The third-order valence-corrected chi connectivity index (χ3v) is 8.15. The lowest BCUT2D eigenvalue weighted by atomic mass is 9.68. The number of fused-ring (bicyclic) bond motifs is 3. The number of ether oxygens (including phenoxy) is 2. The SMILES string of the molecule is CC(C)(C)OC(=O)N1CCC(Oc2cc3c(cc2Br)C(=O)C2=C(Cc4cc(C#N)ccc42)C3(C)C)CC1. The molecule has 3 aliphatic rings. The third kappa shape index (κ3) is 4.57. The first-order valence-corrected chi connectivity index (χ1v) is 13.5. The number of carbonyl (C=O) groups excluding carboxylic acids is 2. The molecule has 37 heavy (non-hydrogen) atoms. The van der Waals surface area contributed by atoms with Crippen LogP contribution in [0.3, 0.4) is 0 Å². The maximum absolute atomic E-state index is 13.7. The lowest BCUT2D eigenvalue weighted by Crippen LogP contribution is -2.44. The van der Waals surface area contributed by atoms with Gasteiger partial charge in [-0.05, 0) is 89.7 Å². The average Bonchev–Trinajstić information content (AvgIpc) is 3.23. The number of likely N-dealkylation sites (tertiary alicyclic amines) is 1. The van der Waals surface area contributed by atoms with Crippen LogP contribution < -0.4 is 4.74 Å². The molecule has 2 aliphatic carbocycles. The van der Waals surface area contributed by atoms with Crippen LogP contribution in [0, 0.1) is 11.3 Å². The van der Waals surface area contributed by atoms with Crippen LogP contribution in [0.2, 0.25) is 0 Å². The molecule has 0 atom stereocenters. The highest BCUT2D eigenvalue weighted by Crippen LogP contribution is 2.51. The van der Waals surface area contributed by atoms with Gasteiger partial charge in [-0.25, -0.2) is 4.79 Å². The number of nitrogens with zero attached hydrogens (tertiary/aromatic N) is 2. The minimum absolute atomic E-state index is 0.0192. The lowest BCUT2D eigenvalue weighted by Gasteiger charge is -2.36. The van der Waals surface area contributed by atoms with Crippen molar-refractivity contribution in [1.29, 1.82) is 5.26 Å². The maximum atomic E-state index is 13.7. The van der Waals surface area contributed by atoms with Gasteiger partial charge in [0, 0.05) is 42.5 Å². The summed E-state index contributed by atoms with van der Waals surface area (Å²) in [6.45, 7) is 11.1. The van der Waals surface area contributed by atoms with Crippen molar-refractivity contribution in [2.45, 2.75) is 71.0 Å². The van der Waals surface area contributed by atoms with Crippen molar-refractivity contribution < 1.29 is 19.1 Å². The van der Waals surface area contributed by atoms with Crippen molar-refractivity contribution >= 4 is 33.4 Å². The molecule has 7 heteroatoms. The van der Waals surface area contributed by atoms with E-state index in [-0.39, 0.29) is 23.4 Å². The van der Waals surface area contributed by atoms with Gasteiger partial charge >= 0.3 is 6.09 Å². The van der Waals surface area contributed by atoms with Gasteiger partial charge in [0.25, 0.3) is 0 Å². The summed E-state index contributed by atoms with van der Waals surface area (Å²) < 4.78 is 12.7. The molecule has 192 valence electrons. The Bertz CT molecular complexity index is 1390. The van der Waals surface area contributed by atoms with E-state index in [1.165, 1.54) is 0 Å². The van der Waals surface area contributed by atoms with E-state index in [4.69, 9.17) is 9.47 Å². The number of Topliss-reactive ketones (excluding diaryl/α,β-unsaturated/α-hetero) is 1. The van der Waals surface area contributed by atoms with E-state index >= 15 is 0 Å². The number of rotatable bonds is 2. The highest BCUT2D eigenvalue weighted by Gasteiger charge is 2.43. The molecule has 0 aromatic heterocycles. The van der Waals surface area contributed by atoms with Crippen LogP contribution in [0.1, 0.15) is 80.1 Å². The Hall–Kier alpha value is -3.11. The van der Waals surface area contributed by atoms with Gasteiger partial charge in [-0.15, -0.1) is 0 Å². The Morgan fingerprint density at radius 2 is 1.84 bits per heavy atom. The molecule has 1 heterocycles. The van der Waals surface area contributed by atoms with Gasteiger partial charge < -0.3 is 14.4 Å². The summed E-state index contributed by atoms with van der Waals surface area (Å²) in [6, 6.07) is 11.7. The number of amides is 1. The summed E-state index contributed by atoms with van der Waals surface area (Å²) in [5.74, 6) is 0.729. The molecule has 0 unspecified atom stereocenters. The first-order chi connectivity index (χ1) is 17.4. The van der Waals surface area contributed by atoms with E-state index in [2.05, 4.69) is 35.8 Å². The second-order valence-electron chi connectivity index (χ2n) is 11.6. The first kappa shape index (κ1) is 25.5. The van der Waals surface area contributed by atoms with Crippen molar-refractivity contribution in [1.82, 2.24) is 4.90 Å². The standard InChI is InChI=1S/C30H31BrN2O4/c1-29(2,3)37-28(35)33-10-8-19(9-11-33)36-25-15-22-21(14-24(25)31)27(34)26-20-7-6-17(16-32)12-18(20)13-23(26)30(22,4)5/h6-7,12,14-15,19H,8-11,13H2,1-5H3. The van der Waals surface area contributed by atoms with Crippen molar-refractivity contribution in [2.75, 3.05) is 13.1 Å². The Kier molecular flexibility index (Phi) is 6.23. The summed E-state index contributed by atoms with van der Waals surface area (Å²) >= 11 is 3.64. The third-order valence-electron chi connectivity index (χ3n) is 7.53. The Labute approximate surface area is 226 Å². The topological polar surface area (TPSA) is 79.6 Å². The zero-order chi connectivity index (χ0) is 26.7. The van der Waals surface area contributed by atoms with Gasteiger partial charge in [-0.1, -0.05) is 19.9 Å². The van der Waals surface area contributed by atoms with E-state index < -0.39 is 5.60 Å². The Balaban J connectivity index is 1.37. The number of carbonyl (C=O) groups is 2. The molecule has 5 rings (SSSR count). The van der Waals surface area contributed by atoms with Crippen molar-refractivity contribution in [3.63, 3.8) is 0 Å². The number of halogens is 1. The van der Waals surface area contributed by atoms with Gasteiger partial charge in [-0.3, -0.25) is 4.79 Å². The fourth-order valence-electron chi connectivity index (χ4n) is 5.60. The van der Waals surface area contributed by atoms with E-state index in [0.29, 0.717) is 49.2 Å². The van der Waals surface area contributed by atoms with Gasteiger partial charge in [-0.2, -0.15) is 5.26 Å². The van der Waals surface area contributed by atoms with Gasteiger partial charge in [0.05, 0.1) is 16.1 Å². The van der Waals surface area contributed by atoms with E-state index in [9.17, 15) is 14.9 Å². The molecule has 1 aliphatic heterocycles. The minimum Gasteiger partial charge on any atom is -0.489 e. The van der Waals surface area contributed by atoms with Gasteiger partial charge in [0.1, 0.15) is 17.5 Å². The molecule has 1 saturated heterocycles. The molecule has 1 amide bonds. The van der Waals surface area contributed by atoms with Crippen molar-refractivity contribution in [3.05, 3.63) is 68.2 Å². The molecule has 0 N–H and O–H groups in total. The number of hydrogen-bond acceptors (Lipinski definition) is 5. The van der Waals surface area contributed by atoms with Gasteiger partial charge in [0.15, 0.2) is 5.78 Å². The largest absolute Gasteiger partial charge is 0.489 e. The summed E-state index contributed by atoms with van der Waals surface area (Å²) in [5, 5.41) is 9.33. The molecular weight excluding hydrogens is 532 g/mol. The number of allylic oxidation sites excluding steroid dienone is 2. The van der Waals surface area contributed by atoms with Crippen LogP contribution in [-0.4, -0.2) is 41.6 Å². The molecule has 1 fully saturated rings. The van der Waals surface area contributed by atoms with E-state index in [1.807, 2.05) is 45.0 Å². The summed E-state index contributed by atoms with van der Waals surface area (Å²) in [4.78, 5) is 27.9. The lowest BCUT2D eigenvalue weighted by molar-refractivity contribution is 0.0126. The van der Waals surface area contributed by atoms with Gasteiger partial charge in [0.2, 0.25) is 0 Å². The smallest absolute Gasteiger partial charge is 0.410 e. The summed E-state index contributed by atoms with van der Waals surface area (Å²) in [5.41, 5.74) is 5.18. The zero-order valence-electron chi connectivity index (χ0n) is 21.9. The zero-order valence-corrected chi connectivity index (χ0v) is 23.5. The molecule has 0 spiro atoms. The quantitative estimate of drug-likeness (QED) is 0.412. The minimum atomic E-state index is -0.517. The number of nitriles is 1. The molecular formula is C30H31BrN2O4. The second kappa shape index (κ2) is 9.02. The van der Waals surface area contributed by atoms with Crippen LogP contribution >= 0.6 is 15.9 Å². The summed E-state index contributed by atoms with van der Waals surface area (Å²) in [7, 11) is 0.